The average molecular weight is 317 g/mol. The topological polar surface area (TPSA) is 71.0 Å². The zero-order chi connectivity index (χ0) is 15.5. The number of hydrogen-bond acceptors (Lipinski definition) is 6. The van der Waals surface area contributed by atoms with Gasteiger partial charge in [0.25, 0.3) is 5.91 Å². The zero-order valence-corrected chi connectivity index (χ0v) is 13.5. The molecule has 22 heavy (non-hydrogen) atoms. The Hall–Kier alpha value is -2.02. The van der Waals surface area contributed by atoms with Gasteiger partial charge in [0, 0.05) is 42.8 Å². The first kappa shape index (κ1) is 14.9. The van der Waals surface area contributed by atoms with Gasteiger partial charge < -0.3 is 10.2 Å². The molecule has 3 rings (SSSR count). The molecule has 0 saturated carbocycles. The van der Waals surface area contributed by atoms with E-state index in [0.717, 1.165) is 23.9 Å². The molecule has 1 saturated heterocycles. The maximum atomic E-state index is 12.3. The van der Waals surface area contributed by atoms with E-state index in [9.17, 15) is 4.79 Å². The molecule has 1 amide bonds. The highest BCUT2D eigenvalue weighted by molar-refractivity contribution is 7.09. The number of likely N-dealkylation sites (tertiary alicyclic amines) is 1. The fourth-order valence-corrected chi connectivity index (χ4v) is 3.20. The van der Waals surface area contributed by atoms with Gasteiger partial charge in [-0.05, 0) is 18.6 Å². The average Bonchev–Trinajstić information content (AvgIpc) is 3.17. The van der Waals surface area contributed by atoms with Crippen molar-refractivity contribution in [2.75, 3.05) is 18.4 Å². The Kier molecular flexibility index (Phi) is 4.33. The molecule has 2 aromatic rings. The summed E-state index contributed by atoms with van der Waals surface area (Å²) >= 11 is 1.38. The summed E-state index contributed by atoms with van der Waals surface area (Å²) in [7, 11) is 0. The number of carbonyl (C=O) groups is 1. The van der Waals surface area contributed by atoms with Crippen molar-refractivity contribution in [3.05, 3.63) is 35.9 Å². The second kappa shape index (κ2) is 6.39. The first-order valence-corrected chi connectivity index (χ1v) is 8.21. The lowest BCUT2D eigenvalue weighted by Gasteiger charge is -2.16. The fourth-order valence-electron chi connectivity index (χ4n) is 2.42. The number of nitrogens with zero attached hydrogens (tertiary/aromatic N) is 4. The van der Waals surface area contributed by atoms with Crippen LogP contribution in [0.4, 0.5) is 5.13 Å². The third kappa shape index (κ3) is 3.24. The van der Waals surface area contributed by atoms with Gasteiger partial charge >= 0.3 is 0 Å². The molecule has 1 aliphatic rings. The van der Waals surface area contributed by atoms with Crippen LogP contribution in [0, 0.1) is 0 Å². The Morgan fingerprint density at radius 2 is 2.32 bits per heavy atom. The van der Waals surface area contributed by atoms with Crippen molar-refractivity contribution >= 4 is 22.6 Å². The second-order valence-corrected chi connectivity index (χ2v) is 6.46. The Labute approximate surface area is 133 Å². The van der Waals surface area contributed by atoms with Crippen molar-refractivity contribution in [3.8, 4) is 0 Å². The number of pyridine rings is 1. The monoisotopic (exact) mass is 317 g/mol. The van der Waals surface area contributed by atoms with E-state index in [0.29, 0.717) is 18.2 Å². The molecule has 0 radical (unpaired) electrons. The lowest BCUT2D eigenvalue weighted by atomic mass is 10.2. The van der Waals surface area contributed by atoms with Gasteiger partial charge in [-0.15, -0.1) is 0 Å². The maximum absolute atomic E-state index is 12.3. The van der Waals surface area contributed by atoms with Gasteiger partial charge in [-0.2, -0.15) is 4.37 Å². The fraction of sp³-hybridized carbons (Fsp3) is 0.467. The van der Waals surface area contributed by atoms with Gasteiger partial charge in [0.1, 0.15) is 11.5 Å². The van der Waals surface area contributed by atoms with Crippen molar-refractivity contribution in [1.29, 1.82) is 0 Å². The highest BCUT2D eigenvalue weighted by atomic mass is 32.1. The molecule has 1 unspecified atom stereocenters. The third-order valence-electron chi connectivity index (χ3n) is 3.65. The minimum atomic E-state index is -0.00923. The van der Waals surface area contributed by atoms with Gasteiger partial charge in [0.05, 0.1) is 0 Å². The number of rotatable bonds is 4. The van der Waals surface area contributed by atoms with Crippen LogP contribution in [0.3, 0.4) is 0 Å². The van der Waals surface area contributed by atoms with Crippen LogP contribution in [0.5, 0.6) is 0 Å². The van der Waals surface area contributed by atoms with E-state index in [1.54, 1.807) is 12.3 Å². The van der Waals surface area contributed by atoms with Crippen molar-refractivity contribution in [1.82, 2.24) is 19.2 Å². The van der Waals surface area contributed by atoms with Crippen LogP contribution in [0.2, 0.25) is 0 Å². The van der Waals surface area contributed by atoms with Crippen molar-refractivity contribution in [3.63, 3.8) is 0 Å². The van der Waals surface area contributed by atoms with Crippen LogP contribution in [0.1, 0.15) is 42.5 Å². The van der Waals surface area contributed by atoms with E-state index in [2.05, 4.69) is 33.5 Å². The lowest BCUT2D eigenvalue weighted by molar-refractivity contribution is 0.0786. The van der Waals surface area contributed by atoms with E-state index in [1.165, 1.54) is 11.5 Å². The second-order valence-electron chi connectivity index (χ2n) is 5.71. The first-order valence-electron chi connectivity index (χ1n) is 7.44. The number of nitrogens with one attached hydrogen (secondary N) is 1. The molecule has 2 aromatic heterocycles. The van der Waals surface area contributed by atoms with E-state index >= 15 is 0 Å². The lowest BCUT2D eigenvalue weighted by Crippen LogP contribution is -2.32. The van der Waals surface area contributed by atoms with Crippen LogP contribution in [-0.2, 0) is 0 Å². The minimum absolute atomic E-state index is 0.00923. The summed E-state index contributed by atoms with van der Waals surface area (Å²) in [6.45, 7) is 5.57. The highest BCUT2D eigenvalue weighted by Crippen LogP contribution is 2.21. The standard InChI is InChI=1S/C15H19N5OS/c1-10(2)13-18-15(22-19-13)17-11-6-8-20(9-11)14(21)12-5-3-4-7-16-12/h3-5,7,10-11H,6,8-9H2,1-2H3,(H,17,18,19). The van der Waals surface area contributed by atoms with Crippen LogP contribution in [-0.4, -0.2) is 44.3 Å². The predicted octanol–water partition coefficient (Wildman–Crippen LogP) is 2.38. The predicted molar refractivity (Wildman–Crippen MR) is 86.2 cm³/mol. The quantitative estimate of drug-likeness (QED) is 0.937. The molecule has 1 fully saturated rings. The largest absolute Gasteiger partial charge is 0.356 e. The van der Waals surface area contributed by atoms with Crippen molar-refractivity contribution in [2.24, 2.45) is 0 Å². The normalized spacial score (nSPS) is 18.0. The smallest absolute Gasteiger partial charge is 0.272 e. The number of amides is 1. The summed E-state index contributed by atoms with van der Waals surface area (Å²) in [6, 6.07) is 5.62. The van der Waals surface area contributed by atoms with Crippen molar-refractivity contribution < 1.29 is 4.79 Å². The molecule has 1 aliphatic heterocycles. The van der Waals surface area contributed by atoms with E-state index < -0.39 is 0 Å². The molecule has 0 aromatic carbocycles. The number of anilines is 1. The molecule has 0 spiro atoms. The summed E-state index contributed by atoms with van der Waals surface area (Å²) in [5.41, 5.74) is 0.501. The van der Waals surface area contributed by atoms with E-state index in [-0.39, 0.29) is 11.9 Å². The maximum Gasteiger partial charge on any atom is 0.272 e. The molecular formula is C15H19N5OS. The van der Waals surface area contributed by atoms with Gasteiger partial charge in [0.2, 0.25) is 5.13 Å². The van der Waals surface area contributed by atoms with Crippen LogP contribution < -0.4 is 5.32 Å². The van der Waals surface area contributed by atoms with Gasteiger partial charge in [-0.3, -0.25) is 9.78 Å². The first-order chi connectivity index (χ1) is 10.6. The molecule has 6 nitrogen and oxygen atoms in total. The highest BCUT2D eigenvalue weighted by Gasteiger charge is 2.28. The summed E-state index contributed by atoms with van der Waals surface area (Å²) in [5, 5.41) is 4.22. The SMILES string of the molecule is CC(C)c1nsc(NC2CCN(C(=O)c3ccccn3)C2)n1. The summed E-state index contributed by atoms with van der Waals surface area (Å²) in [4.78, 5) is 22.8. The number of hydrogen-bond donors (Lipinski definition) is 1. The summed E-state index contributed by atoms with van der Waals surface area (Å²) < 4.78 is 4.34. The van der Waals surface area contributed by atoms with Crippen LogP contribution in [0.15, 0.2) is 24.4 Å². The molecule has 1 atom stereocenters. The summed E-state index contributed by atoms with van der Waals surface area (Å²) in [6.07, 6.45) is 2.56. The number of carbonyl (C=O) groups excluding carboxylic acids is 1. The number of aromatic nitrogens is 3. The summed E-state index contributed by atoms with van der Waals surface area (Å²) in [5.74, 6) is 1.19. The van der Waals surface area contributed by atoms with Gasteiger partial charge in [-0.25, -0.2) is 4.98 Å². The minimum Gasteiger partial charge on any atom is -0.356 e. The van der Waals surface area contributed by atoms with E-state index in [1.807, 2.05) is 17.0 Å². The molecule has 116 valence electrons. The van der Waals surface area contributed by atoms with E-state index in [4.69, 9.17) is 0 Å². The van der Waals surface area contributed by atoms with Gasteiger partial charge in [-0.1, -0.05) is 19.9 Å². The Bertz CT molecular complexity index is 642. The van der Waals surface area contributed by atoms with Crippen LogP contribution in [0.25, 0.3) is 0 Å². The molecule has 3 heterocycles. The third-order valence-corrected chi connectivity index (χ3v) is 4.31. The zero-order valence-electron chi connectivity index (χ0n) is 12.7. The van der Waals surface area contributed by atoms with Crippen LogP contribution >= 0.6 is 11.5 Å². The molecule has 0 bridgehead atoms. The Morgan fingerprint density at radius 1 is 1.45 bits per heavy atom. The Balaban J connectivity index is 1.59. The molecule has 1 N–H and O–H groups in total. The van der Waals surface area contributed by atoms with Gasteiger partial charge in [0.15, 0.2) is 0 Å². The van der Waals surface area contributed by atoms with Crippen molar-refractivity contribution in [2.45, 2.75) is 32.2 Å². The molecule has 7 heteroatoms. The Morgan fingerprint density at radius 3 is 3.00 bits per heavy atom. The molecular weight excluding hydrogens is 298 g/mol. The molecule has 0 aliphatic carbocycles.